The van der Waals surface area contributed by atoms with Crippen LogP contribution < -0.4 is 40.8 Å². The summed E-state index contributed by atoms with van der Waals surface area (Å²) in [7, 11) is 15.9. The Labute approximate surface area is 257 Å². The van der Waals surface area contributed by atoms with Crippen LogP contribution in [-0.2, 0) is 0 Å². The van der Waals surface area contributed by atoms with Gasteiger partial charge in [-0.15, -0.1) is 0 Å². The number of para-hydroxylation sites is 4. The van der Waals surface area contributed by atoms with Crippen molar-refractivity contribution in [3.8, 4) is 0 Å². The van der Waals surface area contributed by atoms with Crippen molar-refractivity contribution in [3.05, 3.63) is 97.1 Å². The van der Waals surface area contributed by atoms with Crippen LogP contribution >= 0.6 is 15.8 Å². The molecule has 0 atom stereocenters. The van der Waals surface area contributed by atoms with Crippen molar-refractivity contribution < 1.29 is 0 Å². The van der Waals surface area contributed by atoms with Crippen molar-refractivity contribution in [1.29, 1.82) is 0 Å². The first-order chi connectivity index (χ1) is 20.2. The third kappa shape index (κ3) is 6.77. The Kier molecular flexibility index (Phi) is 10.9. The number of hydrogen-bond acceptors (Lipinski definition) is 4. The third-order valence-corrected chi connectivity index (χ3v) is 14.3. The zero-order valence-corrected chi connectivity index (χ0v) is 28.7. The van der Waals surface area contributed by atoms with Gasteiger partial charge < -0.3 is 19.6 Å². The van der Waals surface area contributed by atoms with E-state index in [1.54, 1.807) is 0 Å². The number of benzene rings is 4. The molecule has 4 aromatic rings. The van der Waals surface area contributed by atoms with Crippen LogP contribution in [0.4, 0.5) is 22.7 Å². The van der Waals surface area contributed by atoms with Gasteiger partial charge in [0, 0.05) is 106 Å². The van der Waals surface area contributed by atoms with Crippen molar-refractivity contribution in [2.24, 2.45) is 0 Å². The first kappa shape index (κ1) is 31.9. The molecule has 4 nitrogen and oxygen atoms in total. The SMILES string of the molecule is CCCC(P(c1ccccc1N(C)C)c1ccccc1N(C)C)P(c1ccccc1N(C)C)c1ccccc1N(C)C. The molecule has 222 valence electrons. The average molecular weight is 599 g/mol. The predicted molar refractivity (Wildman–Crippen MR) is 194 cm³/mol. The molecule has 42 heavy (non-hydrogen) atoms. The minimum Gasteiger partial charge on any atom is -0.377 e. The number of nitrogens with zero attached hydrogens (tertiary/aromatic N) is 4. The summed E-state index contributed by atoms with van der Waals surface area (Å²) in [6.45, 7) is 2.36. The van der Waals surface area contributed by atoms with Gasteiger partial charge in [0.05, 0.1) is 0 Å². The maximum Gasteiger partial charge on any atom is 0.0442 e. The Hall–Kier alpha value is -3.06. The van der Waals surface area contributed by atoms with Gasteiger partial charge in [-0.05, 0) is 46.5 Å². The van der Waals surface area contributed by atoms with Gasteiger partial charge >= 0.3 is 0 Å². The van der Waals surface area contributed by atoms with Crippen molar-refractivity contribution in [2.45, 2.75) is 25.2 Å². The van der Waals surface area contributed by atoms with E-state index in [9.17, 15) is 0 Å². The van der Waals surface area contributed by atoms with E-state index in [4.69, 9.17) is 0 Å². The largest absolute Gasteiger partial charge is 0.377 e. The van der Waals surface area contributed by atoms with Gasteiger partial charge in [-0.1, -0.05) is 86.1 Å². The fourth-order valence-electron chi connectivity index (χ4n) is 5.72. The normalized spacial score (nSPS) is 11.3. The molecule has 0 saturated heterocycles. The maximum atomic E-state index is 2.40. The summed E-state index contributed by atoms with van der Waals surface area (Å²) in [5.41, 5.74) is 5.26. The monoisotopic (exact) mass is 598 g/mol. The van der Waals surface area contributed by atoms with Gasteiger partial charge in [-0.25, -0.2) is 0 Å². The molecule has 6 heteroatoms. The minimum atomic E-state index is -0.768. The number of hydrogen-bond donors (Lipinski definition) is 0. The molecule has 0 aliphatic heterocycles. The van der Waals surface area contributed by atoms with Crippen LogP contribution in [0.25, 0.3) is 0 Å². The maximum absolute atomic E-state index is 2.40. The van der Waals surface area contributed by atoms with Gasteiger partial charge in [-0.2, -0.15) is 0 Å². The Balaban J connectivity index is 2.14. The highest BCUT2D eigenvalue weighted by Crippen LogP contribution is 2.61. The fraction of sp³-hybridized carbons (Fsp3) is 0.333. The first-order valence-electron chi connectivity index (χ1n) is 14.8. The Morgan fingerprint density at radius 2 is 0.667 bits per heavy atom. The van der Waals surface area contributed by atoms with Crippen molar-refractivity contribution in [1.82, 2.24) is 0 Å². The standard InChI is InChI=1S/C36H48N4P2/c1-10-19-36(41(32-24-15-11-20-28(32)37(2)3)33-25-16-12-21-29(33)38(4)5)42(34-26-17-13-22-30(34)39(6)7)35-27-18-14-23-31(35)40(8)9/h11-18,20-27,36H,10,19H2,1-9H3. The van der Waals surface area contributed by atoms with Crippen molar-refractivity contribution >= 4 is 59.8 Å². The van der Waals surface area contributed by atoms with Crippen molar-refractivity contribution in [3.63, 3.8) is 0 Å². The highest BCUT2D eigenvalue weighted by atomic mass is 31.2. The Morgan fingerprint density at radius 3 is 0.881 bits per heavy atom. The van der Waals surface area contributed by atoms with Gasteiger partial charge in [-0.3, -0.25) is 0 Å². The first-order valence-corrected chi connectivity index (χ1v) is 17.6. The summed E-state index contributed by atoms with van der Waals surface area (Å²) in [6.07, 6.45) is 2.27. The van der Waals surface area contributed by atoms with E-state index in [0.717, 1.165) is 12.8 Å². The smallest absolute Gasteiger partial charge is 0.0442 e. The second-order valence-corrected chi connectivity index (χ2v) is 16.6. The molecule has 0 N–H and O–H groups in total. The second-order valence-electron chi connectivity index (χ2n) is 11.5. The van der Waals surface area contributed by atoms with Crippen LogP contribution in [0.5, 0.6) is 0 Å². The summed E-state index contributed by atoms with van der Waals surface area (Å²) < 4.78 is 0. The molecular weight excluding hydrogens is 550 g/mol. The lowest BCUT2D eigenvalue weighted by atomic mass is 10.3. The lowest BCUT2D eigenvalue weighted by Gasteiger charge is -2.40. The average Bonchev–Trinajstić information content (AvgIpc) is 2.98. The molecule has 0 bridgehead atoms. The molecule has 0 amide bonds. The Bertz CT molecular complexity index is 1240. The van der Waals surface area contributed by atoms with Gasteiger partial charge in [0.25, 0.3) is 0 Å². The summed E-state index contributed by atoms with van der Waals surface area (Å²) in [4.78, 5) is 9.21. The molecule has 0 spiro atoms. The molecular formula is C36H48N4P2. The number of rotatable bonds is 12. The summed E-state index contributed by atoms with van der Waals surface area (Å²) in [5, 5.41) is 6.26. The van der Waals surface area contributed by atoms with E-state index < -0.39 is 15.8 Å². The zero-order valence-electron chi connectivity index (χ0n) is 26.9. The van der Waals surface area contributed by atoms with E-state index in [1.807, 2.05) is 0 Å². The van der Waals surface area contributed by atoms with E-state index in [1.165, 1.54) is 44.0 Å². The zero-order chi connectivity index (χ0) is 30.4. The topological polar surface area (TPSA) is 13.0 Å². The summed E-state index contributed by atoms with van der Waals surface area (Å²) in [5.74, 6) is 0. The van der Waals surface area contributed by atoms with Crippen LogP contribution in [-0.4, -0.2) is 61.8 Å². The molecule has 0 aliphatic carbocycles. The van der Waals surface area contributed by atoms with Gasteiger partial charge in [0.1, 0.15) is 0 Å². The molecule has 0 aromatic heterocycles. The van der Waals surface area contributed by atoms with E-state index >= 15 is 0 Å². The van der Waals surface area contributed by atoms with Crippen LogP contribution in [0.1, 0.15) is 19.8 Å². The fourth-order valence-corrected chi connectivity index (χ4v) is 14.0. The summed E-state index contributed by atoms with van der Waals surface area (Å²) >= 11 is 0. The molecule has 4 rings (SSSR count). The highest BCUT2D eigenvalue weighted by Gasteiger charge is 2.38. The lowest BCUT2D eigenvalue weighted by Crippen LogP contribution is -2.34. The third-order valence-electron chi connectivity index (χ3n) is 7.64. The van der Waals surface area contributed by atoms with Crippen LogP contribution in [0, 0.1) is 0 Å². The minimum absolute atomic E-state index is 0.421. The molecule has 0 heterocycles. The van der Waals surface area contributed by atoms with Crippen molar-refractivity contribution in [2.75, 3.05) is 76.0 Å². The Morgan fingerprint density at radius 1 is 0.429 bits per heavy atom. The van der Waals surface area contributed by atoms with E-state index in [2.05, 4.69) is 180 Å². The molecule has 0 radical (unpaired) electrons. The molecule has 0 saturated carbocycles. The van der Waals surface area contributed by atoms with Gasteiger partial charge in [0.2, 0.25) is 0 Å². The summed E-state index contributed by atoms with van der Waals surface area (Å²) in [6, 6.07) is 36.5. The molecule has 4 aromatic carbocycles. The van der Waals surface area contributed by atoms with E-state index in [0.29, 0.717) is 5.40 Å². The number of anilines is 4. The lowest BCUT2D eigenvalue weighted by molar-refractivity contribution is 0.863. The quantitative estimate of drug-likeness (QED) is 0.170. The van der Waals surface area contributed by atoms with E-state index in [-0.39, 0.29) is 0 Å². The predicted octanol–water partition coefficient (Wildman–Crippen LogP) is 6.64. The second kappa shape index (κ2) is 14.4. The molecule has 0 unspecified atom stereocenters. The molecule has 0 aliphatic rings. The van der Waals surface area contributed by atoms with Crippen LogP contribution in [0.15, 0.2) is 97.1 Å². The van der Waals surface area contributed by atoms with Gasteiger partial charge in [0.15, 0.2) is 0 Å². The van der Waals surface area contributed by atoms with Crippen LogP contribution in [0.3, 0.4) is 0 Å². The molecule has 0 fully saturated rings. The van der Waals surface area contributed by atoms with Crippen LogP contribution in [0.2, 0.25) is 0 Å². The highest BCUT2D eigenvalue weighted by molar-refractivity contribution is 7.90.